The fraction of sp³-hybridized carbons (Fsp3) is 0.133. The first-order valence-electron chi connectivity index (χ1n) is 5.93. The predicted molar refractivity (Wildman–Crippen MR) is 70.2 cm³/mol. The Kier molecular flexibility index (Phi) is 4.76. The number of alkyl halides is 2. The van der Waals surface area contributed by atoms with E-state index in [0.29, 0.717) is 11.1 Å². The van der Waals surface area contributed by atoms with E-state index in [1.54, 1.807) is 24.3 Å². The van der Waals surface area contributed by atoms with Gasteiger partial charge in [0.15, 0.2) is 0 Å². The van der Waals surface area contributed by atoms with Crippen molar-refractivity contribution in [1.29, 1.82) is 0 Å². The lowest BCUT2D eigenvalue weighted by Gasteiger charge is -2.03. The fourth-order valence-electron chi connectivity index (χ4n) is 1.58. The largest absolute Gasteiger partial charge is 0.391 e. The molecule has 0 spiro atoms. The molecule has 0 aliphatic carbocycles. The van der Waals surface area contributed by atoms with Crippen molar-refractivity contribution >= 4 is 6.21 Å². The van der Waals surface area contributed by atoms with E-state index in [2.05, 4.69) is 5.16 Å². The van der Waals surface area contributed by atoms with Crippen LogP contribution in [0.5, 0.6) is 0 Å². The normalized spacial score (nSPS) is 11.2. The second kappa shape index (κ2) is 6.75. The van der Waals surface area contributed by atoms with Gasteiger partial charge in [0.25, 0.3) is 6.43 Å². The second-order valence-electron chi connectivity index (χ2n) is 4.11. The maximum Gasteiger partial charge on any atom is 0.263 e. The highest BCUT2D eigenvalue weighted by Crippen LogP contribution is 2.19. The van der Waals surface area contributed by atoms with Gasteiger partial charge in [0, 0.05) is 5.56 Å². The van der Waals surface area contributed by atoms with Crippen LogP contribution in [0.1, 0.15) is 23.1 Å². The maximum atomic E-state index is 12.7. The van der Waals surface area contributed by atoms with Crippen molar-refractivity contribution < 1.29 is 18.0 Å². The first-order chi connectivity index (χ1) is 9.65. The summed E-state index contributed by atoms with van der Waals surface area (Å²) in [4.78, 5) is 5.02. The molecule has 0 saturated carbocycles. The number of oxime groups is 1. The third-order valence-corrected chi connectivity index (χ3v) is 2.58. The standard InChI is InChI=1S/C15H12F3NO/c16-14-6-4-11(5-7-14)9-19-20-10-12-2-1-3-13(8-12)15(17)18/h1-9,15H,10H2. The average Bonchev–Trinajstić information content (AvgIpc) is 2.46. The Morgan fingerprint density at radius 2 is 1.85 bits per heavy atom. The van der Waals surface area contributed by atoms with E-state index in [-0.39, 0.29) is 18.0 Å². The van der Waals surface area contributed by atoms with Crippen molar-refractivity contribution in [2.45, 2.75) is 13.0 Å². The van der Waals surface area contributed by atoms with Crippen LogP contribution in [0.4, 0.5) is 13.2 Å². The monoisotopic (exact) mass is 279 g/mol. The van der Waals surface area contributed by atoms with E-state index >= 15 is 0 Å². The molecular formula is C15H12F3NO. The molecule has 20 heavy (non-hydrogen) atoms. The van der Waals surface area contributed by atoms with E-state index < -0.39 is 6.43 Å². The predicted octanol–water partition coefficient (Wildman–Crippen LogP) is 4.31. The number of hydrogen-bond donors (Lipinski definition) is 0. The van der Waals surface area contributed by atoms with Gasteiger partial charge < -0.3 is 4.84 Å². The first kappa shape index (κ1) is 14.1. The van der Waals surface area contributed by atoms with E-state index in [1.165, 1.54) is 30.5 Å². The molecule has 2 nitrogen and oxygen atoms in total. The Labute approximate surface area is 114 Å². The van der Waals surface area contributed by atoms with Gasteiger partial charge in [0.2, 0.25) is 0 Å². The molecule has 2 rings (SSSR count). The van der Waals surface area contributed by atoms with Gasteiger partial charge in [0.05, 0.1) is 6.21 Å². The number of nitrogens with zero attached hydrogens (tertiary/aromatic N) is 1. The molecule has 0 fully saturated rings. The van der Waals surface area contributed by atoms with Crippen LogP contribution in [0, 0.1) is 5.82 Å². The van der Waals surface area contributed by atoms with Crippen molar-refractivity contribution in [3.05, 3.63) is 71.0 Å². The Morgan fingerprint density at radius 1 is 1.10 bits per heavy atom. The summed E-state index contributed by atoms with van der Waals surface area (Å²) in [6, 6.07) is 11.7. The lowest BCUT2D eigenvalue weighted by Crippen LogP contribution is -1.91. The summed E-state index contributed by atoms with van der Waals surface area (Å²) in [5.41, 5.74) is 1.25. The summed E-state index contributed by atoms with van der Waals surface area (Å²) in [7, 11) is 0. The van der Waals surface area contributed by atoms with Gasteiger partial charge in [-0.15, -0.1) is 0 Å². The molecule has 2 aromatic rings. The highest BCUT2D eigenvalue weighted by molar-refractivity contribution is 5.78. The summed E-state index contributed by atoms with van der Waals surface area (Å²) in [6.07, 6.45) is -1.08. The van der Waals surface area contributed by atoms with Crippen molar-refractivity contribution in [2.24, 2.45) is 5.16 Å². The minimum absolute atomic E-state index is 0.0476. The Hall–Kier alpha value is -2.30. The average molecular weight is 279 g/mol. The molecule has 0 radical (unpaired) electrons. The van der Waals surface area contributed by atoms with Crippen molar-refractivity contribution in [3.63, 3.8) is 0 Å². The van der Waals surface area contributed by atoms with Gasteiger partial charge in [-0.05, 0) is 29.3 Å². The van der Waals surface area contributed by atoms with Gasteiger partial charge in [-0.25, -0.2) is 13.2 Å². The minimum Gasteiger partial charge on any atom is -0.391 e. The second-order valence-corrected chi connectivity index (χ2v) is 4.11. The Morgan fingerprint density at radius 3 is 2.55 bits per heavy atom. The van der Waals surface area contributed by atoms with Crippen LogP contribution in [0.2, 0.25) is 0 Å². The molecule has 0 bridgehead atoms. The maximum absolute atomic E-state index is 12.7. The Bertz CT molecular complexity index is 582. The third kappa shape index (κ3) is 4.12. The summed E-state index contributed by atoms with van der Waals surface area (Å²) >= 11 is 0. The number of benzene rings is 2. The van der Waals surface area contributed by atoms with Gasteiger partial charge in [-0.1, -0.05) is 35.5 Å². The lowest BCUT2D eigenvalue weighted by molar-refractivity contribution is 0.130. The van der Waals surface area contributed by atoms with E-state index in [0.717, 1.165) is 0 Å². The van der Waals surface area contributed by atoms with Gasteiger partial charge >= 0.3 is 0 Å². The number of hydrogen-bond acceptors (Lipinski definition) is 2. The fourth-order valence-corrected chi connectivity index (χ4v) is 1.58. The van der Waals surface area contributed by atoms with Crippen LogP contribution in [-0.4, -0.2) is 6.21 Å². The molecule has 0 aliphatic heterocycles. The van der Waals surface area contributed by atoms with Crippen molar-refractivity contribution in [1.82, 2.24) is 0 Å². The van der Waals surface area contributed by atoms with Crippen LogP contribution >= 0.6 is 0 Å². The summed E-state index contributed by atoms with van der Waals surface area (Å²) < 4.78 is 37.6. The third-order valence-electron chi connectivity index (χ3n) is 2.58. The number of halogens is 3. The highest BCUT2D eigenvalue weighted by Gasteiger charge is 2.06. The molecule has 5 heteroatoms. The Balaban J connectivity index is 1.89. The zero-order chi connectivity index (χ0) is 14.4. The molecule has 2 aromatic carbocycles. The smallest absolute Gasteiger partial charge is 0.263 e. The molecular weight excluding hydrogens is 267 g/mol. The topological polar surface area (TPSA) is 21.6 Å². The zero-order valence-electron chi connectivity index (χ0n) is 10.5. The van der Waals surface area contributed by atoms with Crippen molar-refractivity contribution in [2.75, 3.05) is 0 Å². The van der Waals surface area contributed by atoms with E-state index in [4.69, 9.17) is 4.84 Å². The van der Waals surface area contributed by atoms with Crippen LogP contribution in [0.25, 0.3) is 0 Å². The molecule has 0 atom stereocenters. The summed E-state index contributed by atoms with van der Waals surface area (Å²) in [5.74, 6) is -0.327. The molecule has 0 aromatic heterocycles. The molecule has 0 heterocycles. The first-order valence-corrected chi connectivity index (χ1v) is 5.93. The van der Waals surface area contributed by atoms with Crippen LogP contribution in [-0.2, 0) is 11.4 Å². The molecule has 0 amide bonds. The summed E-state index contributed by atoms with van der Waals surface area (Å²) in [6.45, 7) is 0.0955. The molecule has 104 valence electrons. The number of rotatable bonds is 5. The van der Waals surface area contributed by atoms with Crippen LogP contribution < -0.4 is 0 Å². The van der Waals surface area contributed by atoms with Gasteiger partial charge in [-0.2, -0.15) is 0 Å². The van der Waals surface area contributed by atoms with E-state index in [1.807, 2.05) is 0 Å². The van der Waals surface area contributed by atoms with Crippen molar-refractivity contribution in [3.8, 4) is 0 Å². The minimum atomic E-state index is -2.50. The molecule has 0 unspecified atom stereocenters. The molecule has 0 aliphatic rings. The highest BCUT2D eigenvalue weighted by atomic mass is 19.3. The zero-order valence-corrected chi connectivity index (χ0v) is 10.5. The van der Waals surface area contributed by atoms with Gasteiger partial charge in [0.1, 0.15) is 12.4 Å². The quantitative estimate of drug-likeness (QED) is 0.590. The van der Waals surface area contributed by atoms with Gasteiger partial charge in [-0.3, -0.25) is 0 Å². The SMILES string of the molecule is Fc1ccc(C=NOCc2cccc(C(F)F)c2)cc1. The molecule has 0 N–H and O–H groups in total. The van der Waals surface area contributed by atoms with Crippen LogP contribution in [0.3, 0.4) is 0 Å². The lowest BCUT2D eigenvalue weighted by atomic mass is 10.1. The molecule has 0 saturated heterocycles. The summed E-state index contributed by atoms with van der Waals surface area (Å²) in [5, 5.41) is 3.71. The van der Waals surface area contributed by atoms with Crippen LogP contribution in [0.15, 0.2) is 53.7 Å². The van der Waals surface area contributed by atoms with E-state index in [9.17, 15) is 13.2 Å².